The van der Waals surface area contributed by atoms with Crippen molar-refractivity contribution in [2.75, 3.05) is 61.5 Å². The van der Waals surface area contributed by atoms with Crippen LogP contribution in [0.1, 0.15) is 90.4 Å². The Morgan fingerprint density at radius 2 is 0.302 bits per heavy atom. The minimum Gasteiger partial charge on any atom is -0.480 e. The van der Waals surface area contributed by atoms with Crippen LogP contribution in [-0.2, 0) is 76.5 Å². The Hall–Kier alpha value is -15.8. The molecule has 5 atom stereocenters. The molecule has 22 nitrogen and oxygen atoms in total. The van der Waals surface area contributed by atoms with E-state index in [1.807, 2.05) is 455 Å². The number of carboxylic acids is 1. The molecule has 15 aromatic rings. The first-order valence-electron chi connectivity index (χ1n) is 48.8. The average Bonchev–Trinajstić information content (AvgIpc) is 0.783. The number of hydrogen-bond donors (Lipinski definition) is 11. The van der Waals surface area contributed by atoms with Crippen LogP contribution in [0, 0.1) is 0 Å². The van der Waals surface area contributed by atoms with Gasteiger partial charge in [0, 0.05) is 35.7 Å². The Morgan fingerprint density at radius 3 is 0.416 bits per heavy atom. The number of benzene rings is 15. The highest BCUT2D eigenvalue weighted by Gasteiger charge is 2.46. The van der Waals surface area contributed by atoms with Crippen LogP contribution in [0.2, 0.25) is 0 Å². The number of carbonyl (C=O) groups is 11. The topological polar surface area (TPSA) is 328 Å². The Balaban J connectivity index is 0.723. The second-order valence-electron chi connectivity index (χ2n) is 35.2. The maximum atomic E-state index is 15.8. The van der Waals surface area contributed by atoms with Gasteiger partial charge in [-0.05, 0) is 83.5 Å². The van der Waals surface area contributed by atoms with Crippen LogP contribution < -0.4 is 53.2 Å². The molecule has 0 aliphatic heterocycles. The fraction of sp³-hybridized carbons (Fsp3) is 0.172. The minimum atomic E-state index is -1.53. The van der Waals surface area contributed by atoms with E-state index in [1.165, 1.54) is 65.7 Å². The lowest BCUT2D eigenvalue weighted by atomic mass is 9.84. The van der Waals surface area contributed by atoms with Gasteiger partial charge in [-0.15, -0.1) is 58.8 Å². The predicted octanol–water partition coefficient (Wildman–Crippen LogP) is 16.7. The highest BCUT2D eigenvalue weighted by Crippen LogP contribution is 2.54. The summed E-state index contributed by atoms with van der Waals surface area (Å²) >= 11 is 6.79. The number of thioether (sulfide) groups is 5. The highest BCUT2D eigenvalue weighted by atomic mass is 32.2. The lowest BCUT2D eigenvalue weighted by Gasteiger charge is -2.37. The van der Waals surface area contributed by atoms with E-state index in [0.717, 1.165) is 83.5 Å². The fourth-order valence-electron chi connectivity index (χ4n) is 18.5. The number of hydrogen-bond acceptors (Lipinski definition) is 16. The van der Waals surface area contributed by atoms with Crippen LogP contribution in [0.25, 0.3) is 0 Å². The zero-order valence-corrected chi connectivity index (χ0v) is 85.8. The van der Waals surface area contributed by atoms with Crippen molar-refractivity contribution in [3.8, 4) is 0 Å². The van der Waals surface area contributed by atoms with E-state index in [1.54, 1.807) is 0 Å². The molecule has 27 heteroatoms. The number of nitrogens with one attached hydrogen (secondary N) is 10. The zero-order valence-electron chi connectivity index (χ0n) is 81.7. The average molecular weight is 2070 g/mol. The standard InChI is InChI=1S/C122H114N10O12S5/c1-87(133)128-103(82-145-118(88-47-17-2-18-48-88,89-49-19-3-20-50-89)90-51-21-4-22-52-90)113(140)123-77-108(134)129-104(83-146-119(91-53-23-5-24-54-91,92-55-25-6-26-56-92)93-57-27-7-28-58-93)114(141)124-78-109(135)130-105(84-147-120(94-59-29-8-30-60-94,95-61-31-9-32-62-95)96-63-33-10-34-64-96)115(142)125-79-110(136)131-106(85-148-121(97-65-35-11-36-66-97,98-67-37-12-38-68-98)99-69-39-13-40-70-99)116(143)126-80-111(137)132-107(117(144)127-81-112(138)139)86-149-122(100-71-41-14-42-72-100,101-73-43-15-44-74-101)102-75-45-16-46-76-102/h2-76,103-107H,77-86H2,1H3,(H,123,140)(H,124,141)(H,125,142)(H,126,143)(H,127,144)(H,128,133)(H,129,134)(H,130,135)(H,131,136)(H,132,137)(H,138,139). The van der Waals surface area contributed by atoms with Crippen molar-refractivity contribution in [2.45, 2.75) is 60.9 Å². The summed E-state index contributed by atoms with van der Waals surface area (Å²) in [5.74, 6) is -9.92. The smallest absolute Gasteiger partial charge is 0.322 e. The van der Waals surface area contributed by atoms with Gasteiger partial charge in [0.1, 0.15) is 36.8 Å². The summed E-state index contributed by atoms with van der Waals surface area (Å²) in [4.78, 5) is 162. The highest BCUT2D eigenvalue weighted by molar-refractivity contribution is 8.01. The molecule has 754 valence electrons. The normalized spacial score (nSPS) is 12.5. The molecule has 0 saturated heterocycles. The zero-order chi connectivity index (χ0) is 104. The molecule has 0 saturated carbocycles. The minimum absolute atomic E-state index is 0.0204. The molecule has 15 aromatic carbocycles. The molecule has 0 aliphatic rings. The van der Waals surface area contributed by atoms with Gasteiger partial charge in [-0.1, -0.05) is 455 Å². The van der Waals surface area contributed by atoms with Crippen LogP contribution in [-0.4, -0.2) is 162 Å². The van der Waals surface area contributed by atoms with Gasteiger partial charge in [-0.2, -0.15) is 0 Å². The summed E-state index contributed by atoms with van der Waals surface area (Å²) in [5.41, 5.74) is 12.6. The lowest BCUT2D eigenvalue weighted by Crippen LogP contribution is -2.56. The van der Waals surface area contributed by atoms with Gasteiger partial charge in [0.05, 0.1) is 49.9 Å². The third-order valence-corrected chi connectivity index (χ3v) is 33.6. The summed E-state index contributed by atoms with van der Waals surface area (Å²) in [7, 11) is 0. The Morgan fingerprint density at radius 1 is 0.188 bits per heavy atom. The first-order chi connectivity index (χ1) is 72.7. The van der Waals surface area contributed by atoms with Gasteiger partial charge in [0.15, 0.2) is 0 Å². The number of aliphatic carboxylic acids is 1. The molecule has 0 aliphatic carbocycles. The lowest BCUT2D eigenvalue weighted by molar-refractivity contribution is -0.138. The molecular formula is C122H114N10O12S5. The van der Waals surface area contributed by atoms with E-state index in [-0.39, 0.29) is 28.8 Å². The first-order valence-corrected chi connectivity index (χ1v) is 53.7. The van der Waals surface area contributed by atoms with E-state index in [2.05, 4.69) is 53.2 Å². The van der Waals surface area contributed by atoms with Crippen molar-refractivity contribution in [1.82, 2.24) is 53.2 Å². The number of amides is 10. The van der Waals surface area contributed by atoms with Gasteiger partial charge in [-0.3, -0.25) is 52.7 Å². The third-order valence-electron chi connectivity index (χ3n) is 25.4. The number of carbonyl (C=O) groups excluding carboxylic acids is 10. The van der Waals surface area contributed by atoms with Gasteiger partial charge in [0.25, 0.3) is 0 Å². The molecule has 15 rings (SSSR count). The molecule has 0 bridgehead atoms. The SMILES string of the molecule is CC(=O)NC(CSC(c1ccccc1)(c1ccccc1)c1ccccc1)C(=O)NCC(=O)NC(CSC(c1ccccc1)(c1ccccc1)c1ccccc1)C(=O)NCC(=O)NC(CSC(c1ccccc1)(c1ccccc1)c1ccccc1)C(=O)NCC(=O)NC(CSC(c1ccccc1)(c1ccccc1)c1ccccc1)C(=O)NCC(=O)NC(CSC(c1ccccc1)(c1ccccc1)c1ccccc1)C(=O)NCC(=O)O. The summed E-state index contributed by atoms with van der Waals surface area (Å²) in [6, 6.07) is 138. The van der Waals surface area contributed by atoms with Crippen LogP contribution in [0.3, 0.4) is 0 Å². The van der Waals surface area contributed by atoms with Gasteiger partial charge in [-0.25, -0.2) is 0 Å². The molecule has 10 amide bonds. The van der Waals surface area contributed by atoms with E-state index in [9.17, 15) is 29.1 Å². The maximum Gasteiger partial charge on any atom is 0.322 e. The summed E-state index contributed by atoms with van der Waals surface area (Å²) < 4.78 is -5.15. The van der Waals surface area contributed by atoms with Gasteiger partial charge in [0.2, 0.25) is 59.1 Å². The largest absolute Gasteiger partial charge is 0.480 e. The van der Waals surface area contributed by atoms with Crippen molar-refractivity contribution >= 4 is 124 Å². The van der Waals surface area contributed by atoms with Gasteiger partial charge < -0.3 is 58.3 Å². The Kier molecular flexibility index (Phi) is 38.2. The van der Waals surface area contributed by atoms with Crippen molar-refractivity contribution in [1.29, 1.82) is 0 Å². The number of rotatable bonds is 50. The molecule has 0 heterocycles. The molecule has 0 aromatic heterocycles. The quantitative estimate of drug-likeness (QED) is 0.0158. The maximum absolute atomic E-state index is 15.8. The molecule has 11 N–H and O–H groups in total. The molecule has 149 heavy (non-hydrogen) atoms. The van der Waals surface area contributed by atoms with Crippen LogP contribution in [0.5, 0.6) is 0 Å². The van der Waals surface area contributed by atoms with E-state index in [4.69, 9.17) is 0 Å². The first kappa shape index (κ1) is 107. The second kappa shape index (κ2) is 53.0. The Labute approximate surface area is 889 Å². The van der Waals surface area contributed by atoms with E-state index >= 15 is 28.8 Å². The third kappa shape index (κ3) is 26.8. The molecule has 5 unspecified atom stereocenters. The predicted molar refractivity (Wildman–Crippen MR) is 596 cm³/mol. The van der Waals surface area contributed by atoms with Crippen molar-refractivity contribution in [2.24, 2.45) is 0 Å². The second-order valence-corrected chi connectivity index (χ2v) is 41.3. The summed E-state index contributed by atoms with van der Waals surface area (Å²) in [5, 5.41) is 37.8. The molecule has 0 radical (unpaired) electrons. The van der Waals surface area contributed by atoms with Crippen molar-refractivity contribution in [3.05, 3.63) is 538 Å². The molecule has 0 fully saturated rings. The molecular weight excluding hydrogens is 1960 g/mol. The summed E-state index contributed by atoms with van der Waals surface area (Å²) in [6.45, 7) is -2.47. The summed E-state index contributed by atoms with van der Waals surface area (Å²) in [6.07, 6.45) is 0. The fourth-order valence-corrected chi connectivity index (χ4v) is 26.3. The van der Waals surface area contributed by atoms with Crippen molar-refractivity contribution in [3.63, 3.8) is 0 Å². The Bertz CT molecular complexity index is 6440. The van der Waals surface area contributed by atoms with Crippen molar-refractivity contribution < 1.29 is 57.8 Å². The van der Waals surface area contributed by atoms with Gasteiger partial charge >= 0.3 is 5.97 Å². The molecule has 0 spiro atoms. The monoisotopic (exact) mass is 2070 g/mol. The van der Waals surface area contributed by atoms with E-state index < -0.39 is 152 Å². The number of carboxylic acid groups (broad SMARTS) is 1. The van der Waals surface area contributed by atoms with Crippen LogP contribution in [0.4, 0.5) is 0 Å². The van der Waals surface area contributed by atoms with E-state index in [0.29, 0.717) is 0 Å². The van der Waals surface area contributed by atoms with Crippen LogP contribution in [0.15, 0.2) is 455 Å². The van der Waals surface area contributed by atoms with Crippen LogP contribution >= 0.6 is 58.8 Å².